The van der Waals surface area contributed by atoms with E-state index in [0.717, 1.165) is 6.42 Å². The van der Waals surface area contributed by atoms with Crippen molar-refractivity contribution >= 4 is 32.5 Å². The van der Waals surface area contributed by atoms with Gasteiger partial charge in [0.05, 0.1) is 16.8 Å². The summed E-state index contributed by atoms with van der Waals surface area (Å²) >= 11 is 5.87. The quantitative estimate of drug-likeness (QED) is 0.876. The van der Waals surface area contributed by atoms with Crippen LogP contribution >= 0.6 is 11.6 Å². The van der Waals surface area contributed by atoms with Crippen molar-refractivity contribution in [3.8, 4) is 0 Å². The number of hydrogen-bond donors (Lipinski definition) is 1. The minimum Gasteiger partial charge on any atom is -0.305 e. The van der Waals surface area contributed by atoms with E-state index in [9.17, 15) is 13.2 Å². The molecular weight excluding hydrogens is 288 g/mol. The maximum Gasteiger partial charge on any atom is 0.327 e. The Morgan fingerprint density at radius 2 is 2.11 bits per heavy atom. The molecule has 1 aliphatic rings. The van der Waals surface area contributed by atoms with Crippen LogP contribution in [0.4, 0.5) is 0 Å². The van der Waals surface area contributed by atoms with E-state index in [1.807, 2.05) is 0 Å². The topological polar surface area (TPSA) is 71.9 Å². The maximum atomic E-state index is 12.1. The molecule has 1 saturated heterocycles. The molecule has 2 heterocycles. The first-order valence-corrected chi connectivity index (χ1v) is 8.20. The molecule has 19 heavy (non-hydrogen) atoms. The van der Waals surface area contributed by atoms with E-state index in [2.05, 4.69) is 4.98 Å². The lowest BCUT2D eigenvalue weighted by Crippen LogP contribution is -2.32. The molecule has 1 atom stereocenters. The number of sulfone groups is 1. The minimum absolute atomic E-state index is 0.143. The van der Waals surface area contributed by atoms with Gasteiger partial charge in [-0.3, -0.25) is 4.57 Å². The van der Waals surface area contributed by atoms with Crippen molar-refractivity contribution in [1.82, 2.24) is 9.55 Å². The average Bonchev–Trinajstić information content (AvgIpc) is 2.64. The molecule has 1 N–H and O–H groups in total. The Hall–Kier alpha value is -1.27. The third kappa shape index (κ3) is 2.08. The number of nitrogens with one attached hydrogen (secondary N) is 1. The molecule has 1 fully saturated rings. The van der Waals surface area contributed by atoms with Gasteiger partial charge in [0.2, 0.25) is 0 Å². The molecule has 0 spiro atoms. The van der Waals surface area contributed by atoms with Crippen LogP contribution in [-0.4, -0.2) is 23.7 Å². The number of fused-ring (bicyclic) bond motifs is 1. The smallest absolute Gasteiger partial charge is 0.305 e. The summed E-state index contributed by atoms with van der Waals surface area (Å²) in [6.07, 6.45) is 1.97. The van der Waals surface area contributed by atoms with Crippen LogP contribution in [0.15, 0.2) is 23.0 Å². The van der Waals surface area contributed by atoms with Crippen LogP contribution in [0.25, 0.3) is 11.0 Å². The van der Waals surface area contributed by atoms with Crippen molar-refractivity contribution in [3.63, 3.8) is 0 Å². The summed E-state index contributed by atoms with van der Waals surface area (Å²) in [6.45, 7) is 0. The first kappa shape index (κ1) is 12.7. The zero-order valence-electron chi connectivity index (χ0n) is 10.1. The molecule has 0 aliphatic carbocycles. The molecule has 1 aromatic carbocycles. The van der Waals surface area contributed by atoms with Gasteiger partial charge in [-0.1, -0.05) is 11.6 Å². The SMILES string of the molecule is O=c1[nH]c2cc(Cl)ccc2n1C1CCCCS1(=O)=O. The molecule has 0 saturated carbocycles. The fourth-order valence-electron chi connectivity index (χ4n) is 2.62. The Morgan fingerprint density at radius 3 is 2.84 bits per heavy atom. The minimum atomic E-state index is -3.26. The van der Waals surface area contributed by atoms with Gasteiger partial charge in [0.15, 0.2) is 9.84 Å². The lowest BCUT2D eigenvalue weighted by molar-refractivity contribution is 0.490. The molecule has 0 amide bonds. The largest absolute Gasteiger partial charge is 0.327 e. The molecule has 1 aromatic heterocycles. The molecular formula is C12H13ClN2O3S. The van der Waals surface area contributed by atoms with Gasteiger partial charge in [-0.15, -0.1) is 0 Å². The first-order chi connectivity index (χ1) is 8.99. The Labute approximate surface area is 115 Å². The van der Waals surface area contributed by atoms with Crippen molar-refractivity contribution in [2.24, 2.45) is 0 Å². The van der Waals surface area contributed by atoms with Gasteiger partial charge in [-0.25, -0.2) is 13.2 Å². The summed E-state index contributed by atoms with van der Waals surface area (Å²) in [7, 11) is -3.26. The number of rotatable bonds is 1. The van der Waals surface area contributed by atoms with Gasteiger partial charge in [0.25, 0.3) is 0 Å². The van der Waals surface area contributed by atoms with Crippen molar-refractivity contribution in [2.75, 3.05) is 5.75 Å². The van der Waals surface area contributed by atoms with Crippen LogP contribution in [0.3, 0.4) is 0 Å². The fraction of sp³-hybridized carbons (Fsp3) is 0.417. The number of halogens is 1. The molecule has 3 rings (SSSR count). The van der Waals surface area contributed by atoms with E-state index in [4.69, 9.17) is 11.6 Å². The first-order valence-electron chi connectivity index (χ1n) is 6.10. The molecule has 0 radical (unpaired) electrons. The van der Waals surface area contributed by atoms with Gasteiger partial charge in [0, 0.05) is 5.02 Å². The van der Waals surface area contributed by atoms with Crippen molar-refractivity contribution in [2.45, 2.75) is 24.6 Å². The van der Waals surface area contributed by atoms with Crippen LogP contribution in [-0.2, 0) is 9.84 Å². The number of aromatic nitrogens is 2. The van der Waals surface area contributed by atoms with E-state index in [1.165, 1.54) is 4.57 Å². The maximum absolute atomic E-state index is 12.1. The van der Waals surface area contributed by atoms with Crippen LogP contribution in [0.1, 0.15) is 24.6 Å². The van der Waals surface area contributed by atoms with Gasteiger partial charge >= 0.3 is 5.69 Å². The summed E-state index contributed by atoms with van der Waals surface area (Å²) in [5.41, 5.74) is 0.760. The number of hydrogen-bond acceptors (Lipinski definition) is 3. The summed E-state index contributed by atoms with van der Waals surface area (Å²) in [4.78, 5) is 14.7. The van der Waals surface area contributed by atoms with Crippen LogP contribution in [0.5, 0.6) is 0 Å². The number of H-pyrrole nitrogens is 1. The van der Waals surface area contributed by atoms with E-state index < -0.39 is 20.9 Å². The third-order valence-electron chi connectivity index (χ3n) is 3.51. The molecule has 5 nitrogen and oxygen atoms in total. The highest BCUT2D eigenvalue weighted by molar-refractivity contribution is 7.91. The average molecular weight is 301 g/mol. The van der Waals surface area contributed by atoms with Crippen LogP contribution in [0.2, 0.25) is 5.02 Å². The van der Waals surface area contributed by atoms with E-state index in [0.29, 0.717) is 28.9 Å². The highest BCUT2D eigenvalue weighted by Crippen LogP contribution is 2.30. The Morgan fingerprint density at radius 1 is 1.32 bits per heavy atom. The normalized spacial score (nSPS) is 22.7. The number of benzene rings is 1. The molecule has 102 valence electrons. The highest BCUT2D eigenvalue weighted by Gasteiger charge is 2.32. The van der Waals surface area contributed by atoms with E-state index in [1.54, 1.807) is 18.2 Å². The van der Waals surface area contributed by atoms with Gasteiger partial charge in [0.1, 0.15) is 5.37 Å². The monoisotopic (exact) mass is 300 g/mol. The predicted octanol–water partition coefficient (Wildman–Crippen LogP) is 2.08. The lowest BCUT2D eigenvalue weighted by atomic mass is 10.2. The van der Waals surface area contributed by atoms with E-state index >= 15 is 0 Å². The summed E-state index contributed by atoms with van der Waals surface area (Å²) in [5.74, 6) is 0.143. The number of imidazole rings is 1. The highest BCUT2D eigenvalue weighted by atomic mass is 35.5. The second-order valence-corrected chi connectivity index (χ2v) is 7.49. The van der Waals surface area contributed by atoms with E-state index in [-0.39, 0.29) is 5.75 Å². The number of aromatic amines is 1. The Balaban J connectivity index is 2.25. The standard InChI is InChI=1S/C12H13ClN2O3S/c13-8-4-5-10-9(7-8)14-12(16)15(10)11-3-1-2-6-19(11,17)18/h4-5,7,11H,1-3,6H2,(H,14,16). The summed E-state index contributed by atoms with van der Waals surface area (Å²) in [5, 5.41) is -0.254. The zero-order chi connectivity index (χ0) is 13.6. The zero-order valence-corrected chi connectivity index (χ0v) is 11.7. The van der Waals surface area contributed by atoms with Crippen LogP contribution in [0, 0.1) is 0 Å². The second-order valence-electron chi connectivity index (χ2n) is 4.78. The summed E-state index contributed by atoms with van der Waals surface area (Å²) in [6, 6.07) is 4.97. The third-order valence-corrected chi connectivity index (χ3v) is 5.88. The summed E-state index contributed by atoms with van der Waals surface area (Å²) < 4.78 is 25.6. The van der Waals surface area contributed by atoms with Crippen molar-refractivity contribution in [3.05, 3.63) is 33.7 Å². The molecule has 7 heteroatoms. The van der Waals surface area contributed by atoms with Gasteiger partial charge < -0.3 is 4.98 Å². The van der Waals surface area contributed by atoms with Crippen LogP contribution < -0.4 is 5.69 Å². The lowest BCUT2D eigenvalue weighted by Gasteiger charge is -2.23. The van der Waals surface area contributed by atoms with Crippen molar-refractivity contribution in [1.29, 1.82) is 0 Å². The van der Waals surface area contributed by atoms with Gasteiger partial charge in [-0.2, -0.15) is 0 Å². The molecule has 1 unspecified atom stereocenters. The van der Waals surface area contributed by atoms with Gasteiger partial charge in [-0.05, 0) is 37.5 Å². The Kier molecular flexibility index (Phi) is 2.94. The fourth-order valence-corrected chi connectivity index (χ4v) is 4.72. The molecule has 1 aliphatic heterocycles. The second kappa shape index (κ2) is 4.38. The number of nitrogens with zero attached hydrogens (tertiary/aromatic N) is 1. The van der Waals surface area contributed by atoms with Crippen molar-refractivity contribution < 1.29 is 8.42 Å². The predicted molar refractivity (Wildman–Crippen MR) is 74.2 cm³/mol. The molecule has 2 aromatic rings. The Bertz CT molecular complexity index is 791. The molecule has 0 bridgehead atoms.